The van der Waals surface area contributed by atoms with Gasteiger partial charge in [0.1, 0.15) is 11.6 Å². The van der Waals surface area contributed by atoms with Crippen molar-refractivity contribution < 1.29 is 0 Å². The maximum absolute atomic E-state index is 4.25. The van der Waals surface area contributed by atoms with E-state index in [9.17, 15) is 0 Å². The zero-order chi connectivity index (χ0) is 15.9. The predicted octanol–water partition coefficient (Wildman–Crippen LogP) is 4.16. The first-order valence-electron chi connectivity index (χ1n) is 7.42. The molecule has 0 saturated heterocycles. The van der Waals surface area contributed by atoms with Gasteiger partial charge in [0.05, 0.1) is 0 Å². The SMILES string of the molecule is Cn1ccnc1-c1ccccc1.c1ccc(-c2ncc[nH]2)cc1. The molecule has 0 aliphatic heterocycles. The first kappa shape index (κ1) is 14.8. The molecule has 0 saturated carbocycles. The summed E-state index contributed by atoms with van der Waals surface area (Å²) in [6.45, 7) is 0. The number of aromatic nitrogens is 4. The van der Waals surface area contributed by atoms with Crippen LogP contribution in [0.2, 0.25) is 0 Å². The van der Waals surface area contributed by atoms with Crippen molar-refractivity contribution in [3.8, 4) is 22.8 Å². The van der Waals surface area contributed by atoms with Crippen molar-refractivity contribution in [2.24, 2.45) is 7.05 Å². The first-order chi connectivity index (χ1) is 11.3. The Morgan fingerprint density at radius 2 is 1.43 bits per heavy atom. The molecule has 1 N–H and O–H groups in total. The topological polar surface area (TPSA) is 46.5 Å². The second kappa shape index (κ2) is 7.22. The van der Waals surface area contributed by atoms with Crippen LogP contribution >= 0.6 is 0 Å². The van der Waals surface area contributed by atoms with Crippen molar-refractivity contribution >= 4 is 0 Å². The van der Waals surface area contributed by atoms with E-state index in [1.165, 1.54) is 0 Å². The van der Waals surface area contributed by atoms with Crippen molar-refractivity contribution in [2.45, 2.75) is 0 Å². The molecular formula is C19H18N4. The van der Waals surface area contributed by atoms with Crippen LogP contribution in [0.1, 0.15) is 0 Å². The molecule has 0 amide bonds. The molecule has 0 fully saturated rings. The summed E-state index contributed by atoms with van der Waals surface area (Å²) in [5.41, 5.74) is 2.28. The lowest BCUT2D eigenvalue weighted by Gasteiger charge is -1.99. The van der Waals surface area contributed by atoms with Gasteiger partial charge >= 0.3 is 0 Å². The lowest BCUT2D eigenvalue weighted by molar-refractivity contribution is 0.925. The molecule has 4 aromatic rings. The van der Waals surface area contributed by atoms with Crippen molar-refractivity contribution in [1.29, 1.82) is 0 Å². The van der Waals surface area contributed by atoms with Crippen LogP contribution in [0.4, 0.5) is 0 Å². The zero-order valence-corrected chi connectivity index (χ0v) is 12.9. The smallest absolute Gasteiger partial charge is 0.139 e. The lowest BCUT2D eigenvalue weighted by Crippen LogP contribution is -1.89. The molecule has 4 heteroatoms. The van der Waals surface area contributed by atoms with Crippen molar-refractivity contribution in [3.63, 3.8) is 0 Å². The van der Waals surface area contributed by atoms with Crippen LogP contribution in [0.15, 0.2) is 85.5 Å². The molecule has 4 rings (SSSR count). The maximum Gasteiger partial charge on any atom is 0.139 e. The number of nitrogens with zero attached hydrogens (tertiary/aromatic N) is 3. The third-order valence-corrected chi connectivity index (χ3v) is 3.40. The molecule has 0 aliphatic rings. The van der Waals surface area contributed by atoms with Gasteiger partial charge in [0, 0.05) is 43.0 Å². The number of imidazole rings is 2. The summed E-state index contributed by atoms with van der Waals surface area (Å²) in [4.78, 5) is 11.4. The summed E-state index contributed by atoms with van der Waals surface area (Å²) in [5.74, 6) is 1.93. The average Bonchev–Trinajstić information content (AvgIpc) is 3.29. The van der Waals surface area contributed by atoms with E-state index in [1.54, 1.807) is 6.20 Å². The molecule has 0 radical (unpaired) electrons. The van der Waals surface area contributed by atoms with Crippen LogP contribution in [0, 0.1) is 0 Å². The Morgan fingerprint density at radius 1 is 0.783 bits per heavy atom. The van der Waals surface area contributed by atoms with Gasteiger partial charge < -0.3 is 9.55 Å². The number of nitrogens with one attached hydrogen (secondary N) is 1. The van der Waals surface area contributed by atoms with Crippen molar-refractivity contribution in [2.75, 3.05) is 0 Å². The highest BCUT2D eigenvalue weighted by Crippen LogP contribution is 2.14. The number of aromatic amines is 1. The summed E-state index contributed by atoms with van der Waals surface area (Å²) in [7, 11) is 2.00. The van der Waals surface area contributed by atoms with Crippen LogP contribution in [0.25, 0.3) is 22.8 Å². The fourth-order valence-electron chi connectivity index (χ4n) is 2.25. The van der Waals surface area contributed by atoms with E-state index in [-0.39, 0.29) is 0 Å². The van der Waals surface area contributed by atoms with Gasteiger partial charge in [-0.2, -0.15) is 0 Å². The molecule has 0 atom stereocenters. The zero-order valence-electron chi connectivity index (χ0n) is 12.9. The second-order valence-electron chi connectivity index (χ2n) is 5.03. The molecule has 2 aromatic carbocycles. The van der Waals surface area contributed by atoms with E-state index in [2.05, 4.69) is 27.1 Å². The molecule has 2 heterocycles. The van der Waals surface area contributed by atoms with E-state index >= 15 is 0 Å². The maximum atomic E-state index is 4.25. The standard InChI is InChI=1S/C10H10N2.C9H8N2/c1-12-8-7-11-10(12)9-5-3-2-4-6-9;1-2-4-8(5-3-1)9-10-6-7-11-9/h2-8H,1H3;1-7H,(H,10,11). The number of aryl methyl sites for hydroxylation is 1. The van der Waals surface area contributed by atoms with Gasteiger partial charge in [-0.25, -0.2) is 9.97 Å². The fourth-order valence-corrected chi connectivity index (χ4v) is 2.25. The summed E-state index contributed by atoms with van der Waals surface area (Å²) in [6, 6.07) is 20.2. The molecule has 4 nitrogen and oxygen atoms in total. The normalized spacial score (nSPS) is 9.96. The Morgan fingerprint density at radius 3 is 1.96 bits per heavy atom. The molecule has 0 aliphatic carbocycles. The summed E-state index contributed by atoms with van der Waals surface area (Å²) >= 11 is 0. The van der Waals surface area contributed by atoms with Crippen LogP contribution in [-0.4, -0.2) is 19.5 Å². The highest BCUT2D eigenvalue weighted by atomic mass is 15.0. The Labute approximate surface area is 135 Å². The Balaban J connectivity index is 0.000000136. The van der Waals surface area contributed by atoms with E-state index in [0.29, 0.717) is 0 Å². The number of hydrogen-bond donors (Lipinski definition) is 1. The van der Waals surface area contributed by atoms with Gasteiger partial charge in [0.15, 0.2) is 0 Å². The molecule has 0 spiro atoms. The van der Waals surface area contributed by atoms with Gasteiger partial charge in [0.25, 0.3) is 0 Å². The molecule has 2 aromatic heterocycles. The van der Waals surface area contributed by atoms with E-state index < -0.39 is 0 Å². The van der Waals surface area contributed by atoms with Crippen molar-refractivity contribution in [1.82, 2.24) is 19.5 Å². The Hall–Kier alpha value is -3.14. The quantitative estimate of drug-likeness (QED) is 0.604. The minimum atomic E-state index is 0.922. The lowest BCUT2D eigenvalue weighted by atomic mass is 10.2. The first-order valence-corrected chi connectivity index (χ1v) is 7.42. The van der Waals surface area contributed by atoms with Crippen LogP contribution in [0.3, 0.4) is 0 Å². The van der Waals surface area contributed by atoms with Gasteiger partial charge in [-0.05, 0) is 0 Å². The highest BCUT2D eigenvalue weighted by molar-refractivity contribution is 5.55. The Kier molecular flexibility index (Phi) is 4.64. The minimum absolute atomic E-state index is 0.922. The van der Waals surface area contributed by atoms with Gasteiger partial charge in [0.2, 0.25) is 0 Å². The van der Waals surface area contributed by atoms with E-state index in [1.807, 2.05) is 78.7 Å². The van der Waals surface area contributed by atoms with Crippen LogP contribution in [0.5, 0.6) is 0 Å². The highest BCUT2D eigenvalue weighted by Gasteiger charge is 1.99. The third-order valence-electron chi connectivity index (χ3n) is 3.40. The summed E-state index contributed by atoms with van der Waals surface area (Å²) < 4.78 is 2.01. The number of H-pyrrole nitrogens is 1. The van der Waals surface area contributed by atoms with Gasteiger partial charge in [-0.15, -0.1) is 0 Å². The van der Waals surface area contributed by atoms with Crippen molar-refractivity contribution in [3.05, 3.63) is 85.5 Å². The fraction of sp³-hybridized carbons (Fsp3) is 0.0526. The van der Waals surface area contributed by atoms with Gasteiger partial charge in [-0.3, -0.25) is 0 Å². The third kappa shape index (κ3) is 3.74. The van der Waals surface area contributed by atoms with E-state index in [0.717, 1.165) is 22.8 Å². The Bertz CT molecular complexity index is 818. The summed E-state index contributed by atoms with van der Waals surface area (Å²) in [5, 5.41) is 0. The summed E-state index contributed by atoms with van der Waals surface area (Å²) in [6.07, 6.45) is 7.33. The second-order valence-corrected chi connectivity index (χ2v) is 5.03. The minimum Gasteiger partial charge on any atom is -0.345 e. The largest absolute Gasteiger partial charge is 0.345 e. The molecule has 0 bridgehead atoms. The number of hydrogen-bond acceptors (Lipinski definition) is 2. The molecule has 114 valence electrons. The number of rotatable bonds is 2. The molecular weight excluding hydrogens is 284 g/mol. The van der Waals surface area contributed by atoms with Crippen LogP contribution in [-0.2, 0) is 7.05 Å². The van der Waals surface area contributed by atoms with Crippen LogP contribution < -0.4 is 0 Å². The van der Waals surface area contributed by atoms with E-state index in [4.69, 9.17) is 0 Å². The molecule has 0 unspecified atom stereocenters. The van der Waals surface area contributed by atoms with Gasteiger partial charge in [-0.1, -0.05) is 60.7 Å². The molecule has 23 heavy (non-hydrogen) atoms. The predicted molar refractivity (Wildman–Crippen MR) is 92.7 cm³/mol. The number of benzene rings is 2. The average molecular weight is 302 g/mol. The monoisotopic (exact) mass is 302 g/mol.